The Balaban J connectivity index is 1.86. The van der Waals surface area contributed by atoms with E-state index in [1.807, 2.05) is 0 Å². The monoisotopic (exact) mass is 388 g/mol. The number of nitro benzene ring substituents is 2. The summed E-state index contributed by atoms with van der Waals surface area (Å²) < 4.78 is 5.72. The Hall–Kier alpha value is -3.60. The van der Waals surface area contributed by atoms with Gasteiger partial charge in [-0.25, -0.2) is 4.98 Å². The minimum absolute atomic E-state index is 0.0652. The van der Waals surface area contributed by atoms with Gasteiger partial charge in [-0.1, -0.05) is 11.3 Å². The maximum Gasteiger partial charge on any atom is 0.311 e. The summed E-state index contributed by atoms with van der Waals surface area (Å²) in [6, 6.07) is 8.07. The van der Waals surface area contributed by atoms with E-state index in [0.29, 0.717) is 10.2 Å². The highest BCUT2D eigenvalue weighted by Gasteiger charge is 2.19. The summed E-state index contributed by atoms with van der Waals surface area (Å²) in [5.41, 5.74) is 0.171. The van der Waals surface area contributed by atoms with E-state index < -0.39 is 15.8 Å². The van der Waals surface area contributed by atoms with Crippen molar-refractivity contribution < 1.29 is 19.4 Å². The van der Waals surface area contributed by atoms with Crippen LogP contribution in [-0.2, 0) is 0 Å². The van der Waals surface area contributed by atoms with E-state index in [1.165, 1.54) is 30.3 Å². The molecule has 0 spiro atoms. The third-order valence-corrected chi connectivity index (χ3v) is 4.45. The zero-order chi connectivity index (χ0) is 19.6. The number of fused-ring (bicyclic) bond motifs is 1. The van der Waals surface area contributed by atoms with Crippen LogP contribution >= 0.6 is 11.3 Å². The van der Waals surface area contributed by atoms with E-state index >= 15 is 0 Å². The number of nitrogens with zero attached hydrogens (tertiary/aromatic N) is 3. The molecule has 0 aliphatic carbocycles. The van der Waals surface area contributed by atoms with Gasteiger partial charge in [-0.05, 0) is 25.1 Å². The summed E-state index contributed by atoms with van der Waals surface area (Å²) in [5.74, 6) is -0.513. The van der Waals surface area contributed by atoms with Crippen molar-refractivity contribution in [1.82, 2.24) is 4.98 Å². The molecule has 10 nitrogen and oxygen atoms in total. The first-order valence-corrected chi connectivity index (χ1v) is 8.48. The van der Waals surface area contributed by atoms with Crippen LogP contribution in [0, 0.1) is 20.2 Å². The highest BCUT2D eigenvalue weighted by molar-refractivity contribution is 7.22. The van der Waals surface area contributed by atoms with Gasteiger partial charge in [0, 0.05) is 23.8 Å². The lowest BCUT2D eigenvalue weighted by atomic mass is 10.2. The van der Waals surface area contributed by atoms with Gasteiger partial charge in [0.05, 0.1) is 26.7 Å². The highest BCUT2D eigenvalue weighted by Crippen LogP contribution is 2.31. The van der Waals surface area contributed by atoms with Gasteiger partial charge in [0.25, 0.3) is 11.6 Å². The lowest BCUT2D eigenvalue weighted by Gasteiger charge is -2.06. The standard InChI is InChI=1S/C16H12N4O6S/c1-2-26-13-6-3-9(7-12(13)20(24)25)15(21)18-16-17-11-5-4-10(19(22)23)8-14(11)27-16/h3-8H,2H2,1H3,(H,17,18,21). The number of ether oxygens (including phenoxy) is 1. The minimum Gasteiger partial charge on any atom is -0.487 e. The molecule has 1 N–H and O–H groups in total. The molecule has 0 radical (unpaired) electrons. The Kier molecular flexibility index (Phi) is 4.94. The van der Waals surface area contributed by atoms with Crippen molar-refractivity contribution in [2.24, 2.45) is 0 Å². The van der Waals surface area contributed by atoms with Gasteiger partial charge in [-0.15, -0.1) is 0 Å². The molecule has 0 bridgehead atoms. The normalized spacial score (nSPS) is 10.6. The predicted molar refractivity (Wildman–Crippen MR) is 98.5 cm³/mol. The van der Waals surface area contributed by atoms with Crippen molar-refractivity contribution in [1.29, 1.82) is 0 Å². The number of hydrogen-bond acceptors (Lipinski definition) is 8. The fourth-order valence-electron chi connectivity index (χ4n) is 2.33. The predicted octanol–water partition coefficient (Wildman–Crippen LogP) is 3.76. The second kappa shape index (κ2) is 7.33. The number of nitrogens with one attached hydrogen (secondary N) is 1. The number of thiazole rings is 1. The fourth-order valence-corrected chi connectivity index (χ4v) is 3.22. The largest absolute Gasteiger partial charge is 0.487 e. The van der Waals surface area contributed by atoms with Crippen LogP contribution in [-0.4, -0.2) is 27.3 Å². The molecular formula is C16H12N4O6S. The molecule has 3 rings (SSSR count). The number of carbonyl (C=O) groups excluding carboxylic acids is 1. The van der Waals surface area contributed by atoms with Crippen molar-refractivity contribution in [3.05, 3.63) is 62.2 Å². The van der Waals surface area contributed by atoms with Crippen LogP contribution in [0.25, 0.3) is 10.2 Å². The number of anilines is 1. The lowest BCUT2D eigenvalue weighted by molar-refractivity contribution is -0.385. The molecule has 138 valence electrons. The average Bonchev–Trinajstić information content (AvgIpc) is 3.03. The van der Waals surface area contributed by atoms with Gasteiger partial charge < -0.3 is 4.74 Å². The van der Waals surface area contributed by atoms with Crippen LogP contribution in [0.15, 0.2) is 36.4 Å². The first-order valence-electron chi connectivity index (χ1n) is 7.66. The first-order chi connectivity index (χ1) is 12.9. The van der Waals surface area contributed by atoms with Crippen molar-refractivity contribution in [3.63, 3.8) is 0 Å². The molecule has 1 amide bonds. The molecule has 0 saturated heterocycles. The second-order valence-corrected chi connectivity index (χ2v) is 6.29. The SMILES string of the molecule is CCOc1ccc(C(=O)Nc2nc3ccc([N+](=O)[O-])cc3s2)cc1[N+](=O)[O-]. The molecule has 0 unspecified atom stereocenters. The molecule has 1 aromatic heterocycles. The van der Waals surface area contributed by atoms with E-state index in [-0.39, 0.29) is 34.4 Å². The van der Waals surface area contributed by atoms with Crippen LogP contribution in [0.3, 0.4) is 0 Å². The van der Waals surface area contributed by atoms with E-state index in [0.717, 1.165) is 17.4 Å². The number of hydrogen-bond donors (Lipinski definition) is 1. The number of carbonyl (C=O) groups is 1. The molecule has 0 saturated carbocycles. The summed E-state index contributed by atoms with van der Waals surface area (Å²) in [7, 11) is 0. The molecular weight excluding hydrogens is 376 g/mol. The zero-order valence-corrected chi connectivity index (χ0v) is 14.7. The summed E-state index contributed by atoms with van der Waals surface area (Å²) in [6.07, 6.45) is 0. The third kappa shape index (κ3) is 3.82. The van der Waals surface area contributed by atoms with Crippen LogP contribution < -0.4 is 10.1 Å². The summed E-state index contributed by atoms with van der Waals surface area (Å²) in [5, 5.41) is 24.8. The number of benzene rings is 2. The molecule has 0 aliphatic rings. The van der Waals surface area contributed by atoms with Gasteiger partial charge in [-0.2, -0.15) is 0 Å². The van der Waals surface area contributed by atoms with Crippen LogP contribution in [0.5, 0.6) is 5.75 Å². The molecule has 2 aromatic carbocycles. The highest BCUT2D eigenvalue weighted by atomic mass is 32.1. The minimum atomic E-state index is -0.626. The van der Waals surface area contributed by atoms with E-state index in [4.69, 9.17) is 4.74 Å². The van der Waals surface area contributed by atoms with Crippen LogP contribution in [0.4, 0.5) is 16.5 Å². The van der Waals surface area contributed by atoms with E-state index in [9.17, 15) is 25.0 Å². The number of non-ortho nitro benzene ring substituents is 1. The molecule has 0 aliphatic heterocycles. The Bertz CT molecular complexity index is 1060. The maximum absolute atomic E-state index is 12.4. The van der Waals surface area contributed by atoms with E-state index in [1.54, 1.807) is 6.92 Å². The Morgan fingerprint density at radius 3 is 2.63 bits per heavy atom. The third-order valence-electron chi connectivity index (χ3n) is 3.52. The lowest BCUT2D eigenvalue weighted by Crippen LogP contribution is -2.12. The fraction of sp³-hybridized carbons (Fsp3) is 0.125. The number of aromatic nitrogens is 1. The number of rotatable bonds is 6. The van der Waals surface area contributed by atoms with Gasteiger partial charge in [-0.3, -0.25) is 30.3 Å². The average molecular weight is 388 g/mol. The Labute approximate surface area is 155 Å². The second-order valence-electron chi connectivity index (χ2n) is 5.25. The van der Waals surface area contributed by atoms with Crippen LogP contribution in [0.2, 0.25) is 0 Å². The topological polar surface area (TPSA) is 138 Å². The first kappa shape index (κ1) is 18.2. The molecule has 3 aromatic rings. The smallest absolute Gasteiger partial charge is 0.311 e. The van der Waals surface area contributed by atoms with Crippen molar-refractivity contribution in [2.45, 2.75) is 6.92 Å². The summed E-state index contributed by atoms with van der Waals surface area (Å²) in [4.78, 5) is 37.4. The number of nitro groups is 2. The molecule has 0 fully saturated rings. The number of amides is 1. The van der Waals surface area contributed by atoms with Gasteiger partial charge in [0.2, 0.25) is 0 Å². The maximum atomic E-state index is 12.4. The van der Waals surface area contributed by atoms with Gasteiger partial charge >= 0.3 is 5.69 Å². The molecule has 27 heavy (non-hydrogen) atoms. The molecule has 11 heteroatoms. The Morgan fingerprint density at radius 1 is 1.19 bits per heavy atom. The van der Waals surface area contributed by atoms with Gasteiger partial charge in [0.1, 0.15) is 0 Å². The molecule has 1 heterocycles. The van der Waals surface area contributed by atoms with Crippen molar-refractivity contribution in [2.75, 3.05) is 11.9 Å². The quantitative estimate of drug-likeness (QED) is 0.501. The summed E-state index contributed by atoms with van der Waals surface area (Å²) >= 11 is 1.07. The van der Waals surface area contributed by atoms with Crippen molar-refractivity contribution >= 4 is 44.0 Å². The van der Waals surface area contributed by atoms with Crippen LogP contribution in [0.1, 0.15) is 17.3 Å². The molecule has 0 atom stereocenters. The zero-order valence-electron chi connectivity index (χ0n) is 13.9. The van der Waals surface area contributed by atoms with Crippen molar-refractivity contribution in [3.8, 4) is 5.75 Å². The Morgan fingerprint density at radius 2 is 1.96 bits per heavy atom. The van der Waals surface area contributed by atoms with Gasteiger partial charge in [0.15, 0.2) is 10.9 Å². The van der Waals surface area contributed by atoms with E-state index in [2.05, 4.69) is 10.3 Å². The summed E-state index contributed by atoms with van der Waals surface area (Å²) in [6.45, 7) is 1.95.